The molecule has 3 radical (unpaired) electrons. The van der Waals surface area contributed by atoms with Crippen LogP contribution in [-0.2, 0) is 83.5 Å². The number of aliphatic hydroxyl groups is 1. The van der Waals surface area contributed by atoms with Crippen molar-refractivity contribution < 1.29 is 116 Å². The molecule has 8 rings (SSSR count). The minimum absolute atomic E-state index is 0. The fraction of sp³-hybridized carbons (Fsp3) is 0.426. The number of halogens is 5. The first kappa shape index (κ1) is 83.7. The molecule has 0 bridgehead atoms. The number of alkyl halides is 1. The second-order valence-corrected chi connectivity index (χ2v) is 23.6. The molecule has 0 amide bonds. The molecule has 0 aliphatic rings. The number of aryl methyl sites for hydroxylation is 2. The van der Waals surface area contributed by atoms with Crippen LogP contribution in [0.5, 0.6) is 0 Å². The number of aromatic nitrogens is 8. The number of carbonyl (C=O) groups is 5. The van der Waals surface area contributed by atoms with E-state index in [1.54, 1.807) is 88.3 Å². The fourth-order valence-corrected chi connectivity index (χ4v) is 7.66. The number of aromatic amines is 1. The predicted molar refractivity (Wildman–Crippen MR) is 324 cm³/mol. The number of carbonyl (C=O) groups excluding carboxylic acids is 9. The number of nitrogens with one attached hydrogen (secondary N) is 1. The third-order valence-electron chi connectivity index (χ3n) is 9.41. The molecule has 0 saturated heterocycles. The molecule has 8 aromatic rings. The van der Waals surface area contributed by atoms with Gasteiger partial charge < -0.3 is 43.1 Å². The molecule has 0 atom stereocenters. The van der Waals surface area contributed by atoms with Gasteiger partial charge in [0, 0.05) is 14.5 Å². The molecular weight excluding hydrogens is 1370 g/mol. The Morgan fingerprint density at radius 3 is 1.19 bits per heavy atom. The second kappa shape index (κ2) is 36.6. The summed E-state index contributed by atoms with van der Waals surface area (Å²) in [7, 11) is 0. The Morgan fingerprint density at radius 2 is 0.868 bits per heavy atom. The summed E-state index contributed by atoms with van der Waals surface area (Å²) in [5, 5.41) is 27.6. The Balaban J connectivity index is 0. The molecule has 8 heterocycles. The normalized spacial score (nSPS) is 10.7. The van der Waals surface area contributed by atoms with Crippen molar-refractivity contribution in [3.05, 3.63) is 109 Å². The van der Waals surface area contributed by atoms with Gasteiger partial charge in [-0.2, -0.15) is 39.6 Å². The quantitative estimate of drug-likeness (QED) is 0.0667. The average molecular weight is 1430 g/mol. The van der Waals surface area contributed by atoms with Crippen LogP contribution in [0.15, 0.2) is 61.1 Å². The molecule has 0 aliphatic heterocycles. The van der Waals surface area contributed by atoms with Crippen molar-refractivity contribution in [2.75, 3.05) is 5.33 Å². The summed E-state index contributed by atoms with van der Waals surface area (Å²) in [6.45, 7) is 23.1. The molecule has 30 nitrogen and oxygen atoms in total. The van der Waals surface area contributed by atoms with Crippen molar-refractivity contribution in [2.45, 2.75) is 146 Å². The number of H-pyrrole nitrogens is 1. The number of nitrogens with zero attached hydrogens (tertiary/aromatic N) is 7. The second-order valence-electron chi connectivity index (χ2n) is 21.6. The van der Waals surface area contributed by atoms with Gasteiger partial charge in [0.2, 0.25) is 0 Å². The summed E-state index contributed by atoms with van der Waals surface area (Å²) < 4.78 is 43.8. The van der Waals surface area contributed by atoms with Gasteiger partial charge in [0.25, 0.3) is 22.2 Å². The molecule has 2 N–H and O–H groups in total. The number of hydrogen-bond donors (Lipinski definition) is 2. The smallest absolute Gasteiger partial charge is 1.00 e. The fourth-order valence-electron chi connectivity index (χ4n) is 6.67. The monoisotopic (exact) mass is 1430 g/mol. The minimum atomic E-state index is -0.672. The zero-order valence-corrected chi connectivity index (χ0v) is 58.2. The Hall–Kier alpha value is -7.35. The predicted octanol–water partition coefficient (Wildman–Crippen LogP) is 4.34. The number of hydrogen-bond acceptors (Lipinski definition) is 26. The third kappa shape index (κ3) is 27.6. The molecule has 0 saturated carbocycles. The van der Waals surface area contributed by atoms with Gasteiger partial charge in [-0.05, 0) is 115 Å². The van der Waals surface area contributed by atoms with Crippen LogP contribution in [0.25, 0.3) is 43.9 Å². The number of rotatable bonds is 9. The van der Waals surface area contributed by atoms with Crippen LogP contribution in [0.4, 0.5) is 0 Å². The van der Waals surface area contributed by atoms with E-state index in [1.165, 1.54) is 12.1 Å². The van der Waals surface area contributed by atoms with Gasteiger partial charge in [-0.3, -0.25) is 43.2 Å². The molecule has 8 aromatic heterocycles. The molecule has 487 valence electrons. The van der Waals surface area contributed by atoms with Crippen molar-refractivity contribution in [2.24, 2.45) is 0 Å². The third-order valence-corrected chi connectivity index (χ3v) is 10.9. The topological polar surface area (TPSA) is 414 Å². The number of aliphatic hydroxyl groups excluding tert-OH is 1. The van der Waals surface area contributed by atoms with Crippen molar-refractivity contribution in [1.29, 1.82) is 0 Å². The molecule has 37 heteroatoms. The maximum Gasteiger partial charge on any atom is 1.00 e. The SMILES string of the molecule is CC(C)(C)OC(=O)CBr.CC(C)(C)OC(=O)Cn1nc(Cl)c2oc(C=O)cc2c1=O.CC(C)(C)OC(=O)Cn1nc(Cl)c2oc(CO)cc2c1=O.Cc1cc2c(=O)[nH]nc(Cl)c2o1.Cc1cc2c(=O)n(CC(=O)OC(C)(C)C)nc(Cl)c2o1.O=C=O.O=C=O.[B].[H-].[Na+]. The Bertz CT molecular complexity index is 4160. The number of fused-ring (bicyclic) bond motifs is 4. The van der Waals surface area contributed by atoms with Crippen LogP contribution in [0, 0.1) is 13.8 Å². The molecule has 0 aliphatic carbocycles. The number of aldehydes is 1. The van der Waals surface area contributed by atoms with E-state index in [2.05, 4.69) is 41.4 Å². The van der Waals surface area contributed by atoms with E-state index in [9.17, 15) is 43.2 Å². The summed E-state index contributed by atoms with van der Waals surface area (Å²) in [5.74, 6) is -0.641. The van der Waals surface area contributed by atoms with E-state index in [1.807, 2.05) is 20.8 Å². The Labute approximate surface area is 568 Å². The van der Waals surface area contributed by atoms with Gasteiger partial charge >= 0.3 is 65.7 Å². The van der Waals surface area contributed by atoms with Gasteiger partial charge in [-0.1, -0.05) is 62.3 Å². The standard InChI is InChI=1S/C13H15ClN2O5.C13H13ClN2O5.C13H15ClN2O4.C7H5ClN2O2.C6H11BrO2.2CO2.B.Na.H/c2*1-13(2,3)21-9(18)5-16-12(19)8-4-7(6-17)20-10(8)11(14)15-16;1-7-5-8-10(19-7)11(14)15-16(12(8)18)6-9(17)20-13(2,3)4;1-3-2-4-5(12-3)6(8)9-10-7(4)11;1-6(2,3)9-5(8)4-7;2*2-1-3;;;/h4,17H,5-6H2,1-3H3;4,6H,5H2,1-3H3;5H,6H2,1-4H3;2H,1H3,(H,10,11);4H2,1-3H3;;;;;/q;;;;;;;;+1;-1. The molecule has 0 spiro atoms. The van der Waals surface area contributed by atoms with Crippen molar-refractivity contribution in [3.8, 4) is 0 Å². The average Bonchev–Trinajstić information content (AvgIpc) is 1.60. The first-order valence-corrected chi connectivity index (χ1v) is 27.9. The van der Waals surface area contributed by atoms with Crippen LogP contribution in [0.3, 0.4) is 0 Å². The van der Waals surface area contributed by atoms with E-state index in [4.69, 9.17) is 107 Å². The van der Waals surface area contributed by atoms with E-state index in [0.717, 1.165) is 14.0 Å². The van der Waals surface area contributed by atoms with E-state index in [-0.39, 0.29) is 160 Å². The van der Waals surface area contributed by atoms with Crippen LogP contribution < -0.4 is 51.8 Å². The zero-order chi connectivity index (χ0) is 68.3. The van der Waals surface area contributed by atoms with E-state index < -0.39 is 51.4 Å². The van der Waals surface area contributed by atoms with Crippen molar-refractivity contribution in [3.63, 3.8) is 0 Å². The zero-order valence-electron chi connectivity index (χ0n) is 52.5. The number of esters is 4. The largest absolute Gasteiger partial charge is 1.00 e. The van der Waals surface area contributed by atoms with Crippen LogP contribution >= 0.6 is 62.3 Å². The van der Waals surface area contributed by atoms with Gasteiger partial charge in [-0.15, -0.1) is 0 Å². The van der Waals surface area contributed by atoms with Crippen LogP contribution in [0.1, 0.15) is 112 Å². The molecule has 0 unspecified atom stereocenters. The van der Waals surface area contributed by atoms with Crippen LogP contribution in [-0.4, -0.2) is 123 Å². The van der Waals surface area contributed by atoms with Gasteiger partial charge in [0.15, 0.2) is 55.0 Å². The Kier molecular flexibility index (Phi) is 33.7. The summed E-state index contributed by atoms with van der Waals surface area (Å²) in [4.78, 5) is 137. The van der Waals surface area contributed by atoms with Gasteiger partial charge in [0.05, 0.1) is 21.5 Å². The Morgan fingerprint density at radius 1 is 0.560 bits per heavy atom. The maximum atomic E-state index is 12.2. The van der Waals surface area contributed by atoms with Gasteiger partial charge in [0.1, 0.15) is 71.3 Å². The summed E-state index contributed by atoms with van der Waals surface area (Å²) >= 11 is 26.4. The van der Waals surface area contributed by atoms with E-state index >= 15 is 0 Å². The first-order chi connectivity index (χ1) is 41.1. The summed E-state index contributed by atoms with van der Waals surface area (Å²) in [6.07, 6.45) is 0.952. The molecular formula is C54H60BBrCl4N8NaO22. The number of ether oxygens (including phenoxy) is 4. The van der Waals surface area contributed by atoms with Crippen molar-refractivity contribution >= 4 is 157 Å². The summed E-state index contributed by atoms with van der Waals surface area (Å²) in [6, 6.07) is 5.82. The number of furan rings is 4. The molecule has 91 heavy (non-hydrogen) atoms. The van der Waals surface area contributed by atoms with Crippen LogP contribution in [0.2, 0.25) is 20.6 Å². The van der Waals surface area contributed by atoms with Crippen molar-refractivity contribution in [1.82, 2.24) is 39.5 Å². The maximum absolute atomic E-state index is 12.2. The molecule has 0 aromatic carbocycles. The first-order valence-electron chi connectivity index (χ1n) is 25.2. The minimum Gasteiger partial charge on any atom is -1.00 e. The van der Waals surface area contributed by atoms with Gasteiger partial charge in [-0.25, -0.2) is 19.1 Å². The van der Waals surface area contributed by atoms with E-state index in [0.29, 0.717) is 34.2 Å². The molecule has 0 fully saturated rings. The summed E-state index contributed by atoms with van der Waals surface area (Å²) in [5.41, 5.74) is -3.48.